The Balaban J connectivity index is 2.70. The van der Waals surface area contributed by atoms with Crippen LogP contribution in [0.3, 0.4) is 0 Å². The summed E-state index contributed by atoms with van der Waals surface area (Å²) in [5, 5.41) is 15.3. The molecule has 4 N–H and O–H groups in total. The average Bonchev–Trinajstić information content (AvgIpc) is 2.66. The summed E-state index contributed by atoms with van der Waals surface area (Å²) < 4.78 is 4.90. The first-order valence-corrected chi connectivity index (χ1v) is 5.18. The first-order valence-electron chi connectivity index (χ1n) is 5.18. The van der Waals surface area contributed by atoms with E-state index in [1.165, 1.54) is 0 Å². The number of hydrogen-bond donors (Lipinski definition) is 3. The second-order valence-electron chi connectivity index (χ2n) is 3.54. The van der Waals surface area contributed by atoms with Crippen LogP contribution < -0.4 is 11.1 Å². The van der Waals surface area contributed by atoms with Gasteiger partial charge in [0.15, 0.2) is 0 Å². The number of carbonyl (C=O) groups excluding carboxylic acids is 2. The molecular weight excluding hydrogens is 226 g/mol. The van der Waals surface area contributed by atoms with Crippen molar-refractivity contribution in [2.45, 2.75) is 26.4 Å². The Morgan fingerprint density at radius 2 is 2.24 bits per heavy atom. The standard InChI is InChI=1S/C10H15N3O4/c1-3-6-8(5(2)17-13-6)10(16)12-4-7(14)9(11)15/h7,14H,3-4H2,1-2H3,(H2,11,15)(H,12,16). The summed E-state index contributed by atoms with van der Waals surface area (Å²) in [7, 11) is 0. The summed E-state index contributed by atoms with van der Waals surface area (Å²) in [6.07, 6.45) is -0.845. The molecule has 0 saturated heterocycles. The molecule has 1 rings (SSSR count). The molecule has 0 fully saturated rings. The van der Waals surface area contributed by atoms with Crippen LogP contribution in [0.4, 0.5) is 0 Å². The number of amides is 2. The van der Waals surface area contributed by atoms with Gasteiger partial charge in [-0.2, -0.15) is 0 Å². The van der Waals surface area contributed by atoms with E-state index in [1.54, 1.807) is 6.92 Å². The van der Waals surface area contributed by atoms with Crippen molar-refractivity contribution in [3.63, 3.8) is 0 Å². The maximum Gasteiger partial charge on any atom is 0.256 e. The fraction of sp³-hybridized carbons (Fsp3) is 0.500. The quantitative estimate of drug-likeness (QED) is 0.618. The Morgan fingerprint density at radius 3 is 2.76 bits per heavy atom. The minimum Gasteiger partial charge on any atom is -0.381 e. The molecule has 0 radical (unpaired) electrons. The molecular formula is C10H15N3O4. The lowest BCUT2D eigenvalue weighted by molar-refractivity contribution is -0.125. The van der Waals surface area contributed by atoms with Crippen LogP contribution in [0, 0.1) is 6.92 Å². The molecule has 7 heteroatoms. The highest BCUT2D eigenvalue weighted by Crippen LogP contribution is 2.13. The maximum atomic E-state index is 11.8. The number of nitrogens with two attached hydrogens (primary N) is 1. The van der Waals surface area contributed by atoms with Gasteiger partial charge in [0.2, 0.25) is 5.91 Å². The molecule has 0 bridgehead atoms. The van der Waals surface area contributed by atoms with Crippen molar-refractivity contribution in [1.82, 2.24) is 10.5 Å². The van der Waals surface area contributed by atoms with E-state index in [1.807, 2.05) is 6.92 Å². The van der Waals surface area contributed by atoms with E-state index in [0.717, 1.165) is 0 Å². The summed E-state index contributed by atoms with van der Waals surface area (Å²) in [6.45, 7) is 3.22. The Kier molecular flexibility index (Phi) is 4.22. The van der Waals surface area contributed by atoms with Gasteiger partial charge >= 0.3 is 0 Å². The Hall–Kier alpha value is -1.89. The number of rotatable bonds is 5. The van der Waals surface area contributed by atoms with Crippen molar-refractivity contribution in [3.05, 3.63) is 17.0 Å². The predicted molar refractivity (Wildman–Crippen MR) is 58.2 cm³/mol. The largest absolute Gasteiger partial charge is 0.381 e. The van der Waals surface area contributed by atoms with Gasteiger partial charge in [-0.05, 0) is 13.3 Å². The molecule has 0 spiro atoms. The average molecular weight is 241 g/mol. The number of aliphatic hydroxyl groups excluding tert-OH is 1. The Morgan fingerprint density at radius 1 is 1.59 bits per heavy atom. The van der Waals surface area contributed by atoms with Crippen LogP contribution in [0.5, 0.6) is 0 Å². The molecule has 0 saturated carbocycles. The van der Waals surface area contributed by atoms with Crippen LogP contribution in [0.1, 0.15) is 28.7 Å². The normalized spacial score (nSPS) is 12.2. The number of primary amides is 1. The number of hydrogen-bond acceptors (Lipinski definition) is 5. The zero-order valence-corrected chi connectivity index (χ0v) is 9.69. The lowest BCUT2D eigenvalue weighted by Gasteiger charge is -2.08. The fourth-order valence-corrected chi connectivity index (χ4v) is 1.33. The molecule has 1 aromatic rings. The molecule has 17 heavy (non-hydrogen) atoms. The van der Waals surface area contributed by atoms with E-state index in [-0.39, 0.29) is 6.54 Å². The van der Waals surface area contributed by atoms with Crippen molar-refractivity contribution >= 4 is 11.8 Å². The topological polar surface area (TPSA) is 118 Å². The number of carbonyl (C=O) groups is 2. The Bertz CT molecular complexity index is 427. The number of aromatic nitrogens is 1. The van der Waals surface area contributed by atoms with Crippen LogP contribution in [0.25, 0.3) is 0 Å². The van der Waals surface area contributed by atoms with Gasteiger partial charge in [0.1, 0.15) is 17.4 Å². The highest BCUT2D eigenvalue weighted by molar-refractivity contribution is 5.96. The fourth-order valence-electron chi connectivity index (χ4n) is 1.33. The van der Waals surface area contributed by atoms with Gasteiger partial charge in [-0.25, -0.2) is 0 Å². The summed E-state index contributed by atoms with van der Waals surface area (Å²) >= 11 is 0. The van der Waals surface area contributed by atoms with Gasteiger partial charge in [0, 0.05) is 0 Å². The van der Waals surface area contributed by atoms with Crippen LogP contribution in [0.2, 0.25) is 0 Å². The highest BCUT2D eigenvalue weighted by Gasteiger charge is 2.20. The van der Waals surface area contributed by atoms with E-state index in [0.29, 0.717) is 23.4 Å². The minimum absolute atomic E-state index is 0.234. The molecule has 0 aliphatic heterocycles. The molecule has 1 atom stereocenters. The summed E-state index contributed by atoms with van der Waals surface area (Å²) in [6, 6.07) is 0. The minimum atomic E-state index is -1.40. The molecule has 1 heterocycles. The van der Waals surface area contributed by atoms with E-state index in [2.05, 4.69) is 10.5 Å². The first-order chi connectivity index (χ1) is 7.97. The molecule has 1 unspecified atom stereocenters. The first kappa shape index (κ1) is 13.2. The number of aliphatic hydroxyl groups is 1. The summed E-state index contributed by atoms with van der Waals surface area (Å²) in [4.78, 5) is 22.3. The van der Waals surface area contributed by atoms with Crippen LogP contribution in [-0.4, -0.2) is 34.7 Å². The lowest BCUT2D eigenvalue weighted by atomic mass is 10.1. The summed E-state index contributed by atoms with van der Waals surface area (Å²) in [5.41, 5.74) is 5.73. The number of nitrogens with zero attached hydrogens (tertiary/aromatic N) is 1. The van der Waals surface area contributed by atoms with E-state index >= 15 is 0 Å². The van der Waals surface area contributed by atoms with Crippen LogP contribution in [-0.2, 0) is 11.2 Å². The molecule has 1 aromatic heterocycles. The molecule has 0 aromatic carbocycles. The van der Waals surface area contributed by atoms with Crippen LogP contribution in [0.15, 0.2) is 4.52 Å². The third-order valence-corrected chi connectivity index (χ3v) is 2.28. The monoisotopic (exact) mass is 241 g/mol. The molecule has 0 aliphatic rings. The van der Waals surface area contributed by atoms with Crippen molar-refractivity contribution in [2.24, 2.45) is 5.73 Å². The van der Waals surface area contributed by atoms with Gasteiger partial charge in [-0.1, -0.05) is 12.1 Å². The number of aryl methyl sites for hydroxylation is 2. The molecule has 7 nitrogen and oxygen atoms in total. The SMILES string of the molecule is CCc1noc(C)c1C(=O)NCC(O)C(N)=O. The van der Waals surface area contributed by atoms with E-state index < -0.39 is 17.9 Å². The van der Waals surface area contributed by atoms with Gasteiger partial charge in [-0.15, -0.1) is 0 Å². The lowest BCUT2D eigenvalue weighted by Crippen LogP contribution is -2.40. The Labute approximate surface area is 98.0 Å². The second kappa shape index (κ2) is 5.44. The predicted octanol–water partition coefficient (Wildman–Crippen LogP) is -0.879. The van der Waals surface area contributed by atoms with Crippen molar-refractivity contribution in [3.8, 4) is 0 Å². The third-order valence-electron chi connectivity index (χ3n) is 2.28. The molecule has 94 valence electrons. The van der Waals surface area contributed by atoms with Crippen molar-refractivity contribution in [1.29, 1.82) is 0 Å². The molecule has 2 amide bonds. The second-order valence-corrected chi connectivity index (χ2v) is 3.54. The van der Waals surface area contributed by atoms with Crippen molar-refractivity contribution in [2.75, 3.05) is 6.54 Å². The highest BCUT2D eigenvalue weighted by atomic mass is 16.5. The maximum absolute atomic E-state index is 11.8. The van der Waals surface area contributed by atoms with Gasteiger partial charge in [0.05, 0.1) is 12.2 Å². The van der Waals surface area contributed by atoms with Gasteiger partial charge < -0.3 is 20.7 Å². The number of nitrogens with one attached hydrogen (secondary N) is 1. The molecule has 0 aliphatic carbocycles. The zero-order chi connectivity index (χ0) is 13.0. The van der Waals surface area contributed by atoms with Gasteiger partial charge in [-0.3, -0.25) is 9.59 Å². The van der Waals surface area contributed by atoms with Gasteiger partial charge in [0.25, 0.3) is 5.91 Å². The third kappa shape index (κ3) is 3.04. The van der Waals surface area contributed by atoms with Crippen LogP contribution >= 0.6 is 0 Å². The van der Waals surface area contributed by atoms with E-state index in [9.17, 15) is 9.59 Å². The van der Waals surface area contributed by atoms with E-state index in [4.69, 9.17) is 15.4 Å². The smallest absolute Gasteiger partial charge is 0.256 e. The zero-order valence-electron chi connectivity index (χ0n) is 9.69. The summed E-state index contributed by atoms with van der Waals surface area (Å²) in [5.74, 6) is -0.933. The van der Waals surface area contributed by atoms with Crippen molar-refractivity contribution < 1.29 is 19.2 Å².